The highest BCUT2D eigenvalue weighted by atomic mass is 35.5. The SMILES string of the molecule is CC(C)n1ncn(-c2ccc(N3CCN(c4ccc(OC[C@@H]5CO[C@@](Cn6ccnc6)(c6ccc(Cl)cc6Cl)O5)cn4)CC3)c(F)c2)c1=O. The Morgan fingerprint density at radius 3 is 2.53 bits per heavy atom. The standard InChI is InChI=1S/C34H35Cl2FN8O4/c1-23(2)45-33(46)44(22-40-45)25-4-7-31(30(37)16-25)42-11-13-43(14-12-42)32-8-5-26(17-39-32)47-18-27-19-48-34(49-27,20-41-10-9-38-21-41)28-6-3-24(35)15-29(28)36/h3-10,15-17,21-23,27H,11-14,18-20H2,1-2H3/t27-,34-/m1/s1. The molecule has 0 spiro atoms. The number of imidazole rings is 1. The van der Waals surface area contributed by atoms with Crippen molar-refractivity contribution in [2.75, 3.05) is 49.2 Å². The molecule has 0 saturated carbocycles. The van der Waals surface area contributed by atoms with Crippen molar-refractivity contribution in [3.8, 4) is 11.4 Å². The van der Waals surface area contributed by atoms with E-state index in [1.807, 2.05) is 47.7 Å². The van der Waals surface area contributed by atoms with Crippen molar-refractivity contribution < 1.29 is 18.6 Å². The number of piperazine rings is 1. The summed E-state index contributed by atoms with van der Waals surface area (Å²) in [6.07, 6.45) is 7.97. The lowest BCUT2D eigenvalue weighted by molar-refractivity contribution is -0.189. The topological polar surface area (TPSA) is 105 Å². The highest BCUT2D eigenvalue weighted by molar-refractivity contribution is 6.35. The molecule has 2 atom stereocenters. The monoisotopic (exact) mass is 708 g/mol. The van der Waals surface area contributed by atoms with Gasteiger partial charge in [0.15, 0.2) is 0 Å². The van der Waals surface area contributed by atoms with Crippen LogP contribution in [0.1, 0.15) is 25.5 Å². The Kier molecular flexibility index (Phi) is 9.34. The number of nitrogens with zero attached hydrogens (tertiary/aromatic N) is 8. The van der Waals surface area contributed by atoms with Gasteiger partial charge in [-0.1, -0.05) is 29.3 Å². The molecule has 256 valence electrons. The van der Waals surface area contributed by atoms with Gasteiger partial charge in [0.05, 0.1) is 48.1 Å². The number of ether oxygens (including phenoxy) is 3. The molecule has 0 radical (unpaired) electrons. The van der Waals surface area contributed by atoms with Crippen LogP contribution in [0.25, 0.3) is 5.69 Å². The van der Waals surface area contributed by atoms with Crippen LogP contribution >= 0.6 is 23.2 Å². The zero-order valence-electron chi connectivity index (χ0n) is 27.0. The summed E-state index contributed by atoms with van der Waals surface area (Å²) in [6, 6.07) is 13.8. The largest absolute Gasteiger partial charge is 0.489 e. The zero-order valence-corrected chi connectivity index (χ0v) is 28.5. The van der Waals surface area contributed by atoms with Crippen molar-refractivity contribution >= 4 is 34.7 Å². The van der Waals surface area contributed by atoms with Gasteiger partial charge in [-0.3, -0.25) is 0 Å². The van der Waals surface area contributed by atoms with Crippen molar-refractivity contribution in [1.29, 1.82) is 0 Å². The molecule has 0 bridgehead atoms. The van der Waals surface area contributed by atoms with Gasteiger partial charge in [0.25, 0.3) is 0 Å². The lowest BCUT2D eigenvalue weighted by atomic mass is 10.1. The highest BCUT2D eigenvalue weighted by Gasteiger charge is 2.45. The van der Waals surface area contributed by atoms with Gasteiger partial charge in [-0.15, -0.1) is 0 Å². The van der Waals surface area contributed by atoms with Gasteiger partial charge >= 0.3 is 5.69 Å². The molecular weight excluding hydrogens is 674 g/mol. The van der Waals surface area contributed by atoms with Gasteiger partial charge in [-0.25, -0.2) is 28.4 Å². The average molecular weight is 710 g/mol. The molecule has 2 aromatic carbocycles. The van der Waals surface area contributed by atoms with E-state index in [-0.39, 0.29) is 30.3 Å². The Morgan fingerprint density at radius 1 is 1.04 bits per heavy atom. The molecular formula is C34H35Cl2FN8O4. The van der Waals surface area contributed by atoms with Crippen LogP contribution in [0.5, 0.6) is 5.75 Å². The van der Waals surface area contributed by atoms with Gasteiger partial charge in [-0.2, -0.15) is 5.10 Å². The van der Waals surface area contributed by atoms with E-state index < -0.39 is 5.79 Å². The van der Waals surface area contributed by atoms with Crippen LogP contribution in [0.15, 0.2) is 84.6 Å². The van der Waals surface area contributed by atoms with E-state index in [0.29, 0.717) is 72.1 Å². The van der Waals surface area contributed by atoms with Crippen molar-refractivity contribution in [2.24, 2.45) is 0 Å². The smallest absolute Gasteiger partial charge is 0.350 e. The summed E-state index contributed by atoms with van der Waals surface area (Å²) < 4.78 is 38.6. The first-order chi connectivity index (χ1) is 23.7. The number of hydrogen-bond acceptors (Lipinski definition) is 9. The third-order valence-corrected chi connectivity index (χ3v) is 9.19. The molecule has 7 rings (SSSR count). The Labute approximate surface area is 292 Å². The minimum atomic E-state index is -1.14. The molecule has 0 unspecified atom stereocenters. The molecule has 2 aliphatic heterocycles. The van der Waals surface area contributed by atoms with Crippen LogP contribution in [0.4, 0.5) is 15.9 Å². The molecule has 49 heavy (non-hydrogen) atoms. The Morgan fingerprint density at radius 2 is 1.86 bits per heavy atom. The predicted molar refractivity (Wildman–Crippen MR) is 184 cm³/mol. The molecule has 2 aliphatic rings. The van der Waals surface area contributed by atoms with E-state index in [2.05, 4.69) is 20.0 Å². The van der Waals surface area contributed by atoms with Crippen molar-refractivity contribution in [3.05, 3.63) is 112 Å². The lowest BCUT2D eigenvalue weighted by Gasteiger charge is -2.36. The summed E-state index contributed by atoms with van der Waals surface area (Å²) >= 11 is 12.7. The van der Waals surface area contributed by atoms with E-state index >= 15 is 4.39 Å². The summed E-state index contributed by atoms with van der Waals surface area (Å²) in [5, 5.41) is 5.10. The second kappa shape index (κ2) is 13.8. The van der Waals surface area contributed by atoms with Crippen LogP contribution in [0.3, 0.4) is 0 Å². The number of rotatable bonds is 10. The first kappa shape index (κ1) is 33.1. The zero-order chi connectivity index (χ0) is 34.1. The van der Waals surface area contributed by atoms with Gasteiger partial charge in [-0.05, 0) is 50.2 Å². The average Bonchev–Trinajstić information content (AvgIpc) is 3.85. The van der Waals surface area contributed by atoms with Crippen molar-refractivity contribution in [3.63, 3.8) is 0 Å². The predicted octanol–water partition coefficient (Wildman–Crippen LogP) is 5.33. The van der Waals surface area contributed by atoms with E-state index in [1.165, 1.54) is 21.6 Å². The van der Waals surface area contributed by atoms with Crippen LogP contribution in [-0.2, 0) is 21.8 Å². The minimum absolute atomic E-state index is 0.0872. The van der Waals surface area contributed by atoms with E-state index in [4.69, 9.17) is 37.4 Å². The second-order valence-electron chi connectivity index (χ2n) is 12.3. The van der Waals surface area contributed by atoms with Crippen LogP contribution < -0.4 is 20.2 Å². The maximum atomic E-state index is 15.3. The maximum absolute atomic E-state index is 15.3. The Balaban J connectivity index is 0.942. The molecule has 5 heterocycles. The van der Waals surface area contributed by atoms with Crippen LogP contribution in [-0.4, -0.2) is 74.4 Å². The van der Waals surface area contributed by atoms with Crippen LogP contribution in [0, 0.1) is 5.82 Å². The number of hydrogen-bond donors (Lipinski definition) is 0. The molecule has 0 amide bonds. The number of benzene rings is 2. The molecule has 2 saturated heterocycles. The van der Waals surface area contributed by atoms with Crippen LogP contribution in [0.2, 0.25) is 10.0 Å². The maximum Gasteiger partial charge on any atom is 0.350 e. The highest BCUT2D eigenvalue weighted by Crippen LogP contribution is 2.40. The second-order valence-corrected chi connectivity index (χ2v) is 13.1. The molecule has 5 aromatic rings. The first-order valence-corrected chi connectivity index (χ1v) is 16.7. The first-order valence-electron chi connectivity index (χ1n) is 16.0. The molecule has 3 aromatic heterocycles. The van der Waals surface area contributed by atoms with Gasteiger partial charge in [0, 0.05) is 55.2 Å². The lowest BCUT2D eigenvalue weighted by Crippen LogP contribution is -2.47. The summed E-state index contributed by atoms with van der Waals surface area (Å²) in [5.74, 6) is -0.117. The number of aromatic nitrogens is 6. The van der Waals surface area contributed by atoms with Crippen molar-refractivity contribution in [2.45, 2.75) is 38.3 Å². The number of halogens is 3. The Bertz CT molecular complexity index is 1960. The van der Waals surface area contributed by atoms with Gasteiger partial charge in [0.2, 0.25) is 5.79 Å². The van der Waals surface area contributed by atoms with E-state index in [0.717, 1.165) is 5.82 Å². The van der Waals surface area contributed by atoms with Gasteiger partial charge < -0.3 is 28.6 Å². The quantitative estimate of drug-likeness (QED) is 0.191. The van der Waals surface area contributed by atoms with Crippen molar-refractivity contribution in [1.82, 2.24) is 28.9 Å². The van der Waals surface area contributed by atoms with E-state index in [1.54, 1.807) is 43.0 Å². The number of anilines is 2. The fraction of sp³-hybridized carbons (Fsp3) is 0.353. The summed E-state index contributed by atoms with van der Waals surface area (Å²) in [5.41, 5.74) is 1.31. The molecule has 15 heteroatoms. The molecule has 2 fully saturated rings. The summed E-state index contributed by atoms with van der Waals surface area (Å²) in [6.45, 7) is 7.18. The summed E-state index contributed by atoms with van der Waals surface area (Å²) in [7, 11) is 0. The molecule has 0 aliphatic carbocycles. The number of pyridine rings is 1. The fourth-order valence-corrected chi connectivity index (χ4v) is 6.69. The third-order valence-electron chi connectivity index (χ3n) is 8.64. The fourth-order valence-electron chi connectivity index (χ4n) is 6.14. The summed E-state index contributed by atoms with van der Waals surface area (Å²) in [4.78, 5) is 25.5. The third kappa shape index (κ3) is 6.89. The minimum Gasteiger partial charge on any atom is -0.489 e. The normalized spacial score (nSPS) is 19.6. The molecule has 12 nitrogen and oxygen atoms in total. The molecule has 0 N–H and O–H groups in total. The van der Waals surface area contributed by atoms with Gasteiger partial charge in [0.1, 0.15) is 36.4 Å². The van der Waals surface area contributed by atoms with E-state index in [9.17, 15) is 4.79 Å². The Hall–Kier alpha value is -4.43.